The lowest BCUT2D eigenvalue weighted by Crippen LogP contribution is -2.23. The van der Waals surface area contributed by atoms with Crippen molar-refractivity contribution in [2.24, 2.45) is 0 Å². The van der Waals surface area contributed by atoms with E-state index in [4.69, 9.17) is 0 Å². The fraction of sp³-hybridized carbons (Fsp3) is 0.391. The number of nitrogens with one attached hydrogen (secondary N) is 2. The Morgan fingerprint density at radius 1 is 0.893 bits per heavy atom. The molecule has 0 spiro atoms. The molecule has 2 aromatic carbocycles. The van der Waals surface area contributed by atoms with Gasteiger partial charge in [0.1, 0.15) is 6.42 Å². The largest absolute Gasteiger partial charge is 0.372 e. The van der Waals surface area contributed by atoms with Gasteiger partial charge in [-0.3, -0.25) is 9.59 Å². The van der Waals surface area contributed by atoms with Crippen molar-refractivity contribution < 1.29 is 9.59 Å². The molecule has 0 unspecified atom stereocenters. The van der Waals surface area contributed by atoms with Crippen LogP contribution in [0.4, 0.5) is 17.1 Å². The van der Waals surface area contributed by atoms with Crippen LogP contribution < -0.4 is 15.5 Å². The Labute approximate surface area is 167 Å². The summed E-state index contributed by atoms with van der Waals surface area (Å²) in [5.41, 5.74) is 3.58. The van der Waals surface area contributed by atoms with E-state index in [-0.39, 0.29) is 23.7 Å². The van der Waals surface area contributed by atoms with Gasteiger partial charge in [-0.1, -0.05) is 39.0 Å². The fourth-order valence-corrected chi connectivity index (χ4v) is 3.52. The van der Waals surface area contributed by atoms with Crippen LogP contribution in [-0.4, -0.2) is 24.9 Å². The summed E-state index contributed by atoms with van der Waals surface area (Å²) in [6.45, 7) is 8.45. The molecule has 2 amide bonds. The van der Waals surface area contributed by atoms with Crippen molar-refractivity contribution >= 4 is 28.9 Å². The Balaban J connectivity index is 1.56. The molecule has 0 atom stereocenters. The van der Waals surface area contributed by atoms with Gasteiger partial charge in [0, 0.05) is 30.2 Å². The van der Waals surface area contributed by atoms with Gasteiger partial charge in [0.25, 0.3) is 0 Å². The number of nitrogens with zero attached hydrogens (tertiary/aromatic N) is 1. The smallest absolute Gasteiger partial charge is 0.233 e. The van der Waals surface area contributed by atoms with Crippen molar-refractivity contribution in [1.82, 2.24) is 0 Å². The van der Waals surface area contributed by atoms with Crippen LogP contribution in [0.15, 0.2) is 48.5 Å². The van der Waals surface area contributed by atoms with E-state index in [0.29, 0.717) is 5.69 Å². The van der Waals surface area contributed by atoms with Crippen molar-refractivity contribution in [3.8, 4) is 0 Å². The molecule has 148 valence electrons. The highest BCUT2D eigenvalue weighted by Crippen LogP contribution is 2.29. The van der Waals surface area contributed by atoms with Gasteiger partial charge in [-0.25, -0.2) is 0 Å². The summed E-state index contributed by atoms with van der Waals surface area (Å²) in [6.07, 6.45) is 2.24. The second kappa shape index (κ2) is 8.46. The molecule has 28 heavy (non-hydrogen) atoms. The number of carbonyl (C=O) groups excluding carboxylic acids is 2. The number of amides is 2. The van der Waals surface area contributed by atoms with E-state index < -0.39 is 0 Å². The van der Waals surface area contributed by atoms with Crippen LogP contribution >= 0.6 is 0 Å². The molecule has 0 aliphatic carbocycles. The zero-order valence-electron chi connectivity index (χ0n) is 16.9. The maximum absolute atomic E-state index is 12.3. The van der Waals surface area contributed by atoms with E-state index in [9.17, 15) is 9.59 Å². The zero-order valence-corrected chi connectivity index (χ0v) is 16.9. The minimum Gasteiger partial charge on any atom is -0.372 e. The lowest BCUT2D eigenvalue weighted by Gasteiger charge is -2.23. The summed E-state index contributed by atoms with van der Waals surface area (Å²) in [5.74, 6) is -0.637. The third kappa shape index (κ3) is 5.12. The Hall–Kier alpha value is -2.82. The van der Waals surface area contributed by atoms with Gasteiger partial charge in [0.2, 0.25) is 11.8 Å². The molecule has 0 saturated carbocycles. The highest BCUT2D eigenvalue weighted by atomic mass is 16.2. The average molecular weight is 380 g/mol. The van der Waals surface area contributed by atoms with E-state index >= 15 is 0 Å². The first-order valence-corrected chi connectivity index (χ1v) is 9.87. The summed E-state index contributed by atoms with van der Waals surface area (Å²) in [5, 5.41) is 5.68. The Morgan fingerprint density at radius 2 is 1.50 bits per heavy atom. The normalized spacial score (nSPS) is 14.0. The van der Waals surface area contributed by atoms with Gasteiger partial charge >= 0.3 is 0 Å². The lowest BCUT2D eigenvalue weighted by atomic mass is 9.86. The third-order valence-electron chi connectivity index (χ3n) is 4.95. The molecule has 2 N–H and O–H groups in total. The lowest BCUT2D eigenvalue weighted by molar-refractivity contribution is -0.123. The van der Waals surface area contributed by atoms with E-state index in [1.807, 2.05) is 48.5 Å². The quantitative estimate of drug-likeness (QED) is 0.749. The number of anilines is 3. The number of para-hydroxylation sites is 1. The summed E-state index contributed by atoms with van der Waals surface area (Å²) in [4.78, 5) is 26.9. The van der Waals surface area contributed by atoms with Crippen LogP contribution in [0.2, 0.25) is 0 Å². The van der Waals surface area contributed by atoms with Crippen LogP contribution in [0.1, 0.15) is 45.6 Å². The topological polar surface area (TPSA) is 61.4 Å². The predicted octanol–water partition coefficient (Wildman–Crippen LogP) is 4.55. The second-order valence-electron chi connectivity index (χ2n) is 8.31. The van der Waals surface area contributed by atoms with Gasteiger partial charge in [-0.2, -0.15) is 0 Å². The summed E-state index contributed by atoms with van der Waals surface area (Å²) in [6, 6.07) is 15.5. The summed E-state index contributed by atoms with van der Waals surface area (Å²) >= 11 is 0. The average Bonchev–Trinajstić information content (AvgIpc) is 3.16. The molecular formula is C23H29N3O2. The number of rotatable bonds is 5. The van der Waals surface area contributed by atoms with E-state index in [2.05, 4.69) is 36.3 Å². The standard InChI is InChI=1S/C23H29N3O2/c1-23(2,3)19-8-4-5-9-20(19)25-22(28)16-21(27)24-17-10-12-18(13-11-17)26-14-6-7-15-26/h4-5,8-13H,6-7,14-16H2,1-3H3,(H,24,27)(H,25,28). The first kappa shape index (κ1) is 19.9. The van der Waals surface area contributed by atoms with Gasteiger partial charge < -0.3 is 15.5 Å². The molecule has 5 heteroatoms. The van der Waals surface area contributed by atoms with Crippen molar-refractivity contribution in [3.63, 3.8) is 0 Å². The van der Waals surface area contributed by atoms with Gasteiger partial charge in [0.05, 0.1) is 0 Å². The first-order valence-electron chi connectivity index (χ1n) is 9.87. The predicted molar refractivity (Wildman–Crippen MR) is 115 cm³/mol. The van der Waals surface area contributed by atoms with Crippen molar-refractivity contribution in [2.45, 2.75) is 45.4 Å². The first-order chi connectivity index (χ1) is 13.3. The van der Waals surface area contributed by atoms with Crippen LogP contribution in [0.25, 0.3) is 0 Å². The van der Waals surface area contributed by atoms with Gasteiger partial charge in [0.15, 0.2) is 0 Å². The van der Waals surface area contributed by atoms with Crippen LogP contribution in [0, 0.1) is 0 Å². The van der Waals surface area contributed by atoms with Gasteiger partial charge in [-0.15, -0.1) is 0 Å². The Kier molecular flexibility index (Phi) is 6.02. The van der Waals surface area contributed by atoms with E-state index in [1.165, 1.54) is 18.5 Å². The van der Waals surface area contributed by atoms with E-state index in [1.54, 1.807) is 0 Å². The molecule has 5 nitrogen and oxygen atoms in total. The Bertz CT molecular complexity index is 832. The highest BCUT2D eigenvalue weighted by molar-refractivity contribution is 6.08. The zero-order chi connectivity index (χ0) is 20.1. The SMILES string of the molecule is CC(C)(C)c1ccccc1NC(=O)CC(=O)Nc1ccc(N2CCCC2)cc1. The number of hydrogen-bond acceptors (Lipinski definition) is 3. The molecule has 1 heterocycles. The molecule has 1 aliphatic rings. The molecule has 0 aromatic heterocycles. The highest BCUT2D eigenvalue weighted by Gasteiger charge is 2.19. The Morgan fingerprint density at radius 3 is 2.14 bits per heavy atom. The maximum Gasteiger partial charge on any atom is 0.233 e. The van der Waals surface area contributed by atoms with Crippen LogP contribution in [-0.2, 0) is 15.0 Å². The molecule has 0 radical (unpaired) electrons. The van der Waals surface area contributed by atoms with Crippen LogP contribution in [0.5, 0.6) is 0 Å². The van der Waals surface area contributed by atoms with Crippen LogP contribution in [0.3, 0.4) is 0 Å². The van der Waals surface area contributed by atoms with Gasteiger partial charge in [-0.05, 0) is 54.2 Å². The molecule has 0 bridgehead atoms. The molecule has 1 aliphatic heterocycles. The molecule has 2 aromatic rings. The molecular weight excluding hydrogens is 350 g/mol. The van der Waals surface area contributed by atoms with Crippen molar-refractivity contribution in [2.75, 3.05) is 28.6 Å². The second-order valence-corrected chi connectivity index (χ2v) is 8.31. The molecule has 3 rings (SSSR count). The summed E-state index contributed by atoms with van der Waals surface area (Å²) in [7, 11) is 0. The number of benzene rings is 2. The third-order valence-corrected chi connectivity index (χ3v) is 4.95. The summed E-state index contributed by atoms with van der Waals surface area (Å²) < 4.78 is 0. The number of carbonyl (C=O) groups is 2. The maximum atomic E-state index is 12.3. The molecule has 1 saturated heterocycles. The van der Waals surface area contributed by atoms with E-state index in [0.717, 1.165) is 24.3 Å². The number of hydrogen-bond donors (Lipinski definition) is 2. The minimum absolute atomic E-state index is 0.0940. The van der Waals surface area contributed by atoms with Crippen molar-refractivity contribution in [3.05, 3.63) is 54.1 Å². The monoisotopic (exact) mass is 379 g/mol. The minimum atomic E-state index is -0.320. The molecule has 1 fully saturated rings. The van der Waals surface area contributed by atoms with Crippen molar-refractivity contribution in [1.29, 1.82) is 0 Å². The fourth-order valence-electron chi connectivity index (χ4n) is 3.52.